The molecule has 2 atom stereocenters. The molecule has 40 heavy (non-hydrogen) atoms. The number of amides is 1. The molecule has 0 bridgehead atoms. The summed E-state index contributed by atoms with van der Waals surface area (Å²) in [7, 11) is 6.44. The third kappa shape index (κ3) is 5.01. The van der Waals surface area contributed by atoms with E-state index < -0.39 is 0 Å². The zero-order valence-corrected chi connectivity index (χ0v) is 24.1. The maximum atomic E-state index is 14.0. The lowest BCUT2D eigenvalue weighted by Gasteiger charge is -2.29. The number of hydrazone groups is 1. The van der Waals surface area contributed by atoms with E-state index in [2.05, 4.69) is 11.2 Å². The number of aryl methyl sites for hydroxylation is 1. The molecule has 2 aliphatic rings. The minimum absolute atomic E-state index is 0.0192. The number of carbonyl (C=O) groups excluding carboxylic acids is 1. The van der Waals surface area contributed by atoms with Gasteiger partial charge in [0.05, 0.1) is 45.2 Å². The fraction of sp³-hybridized carbons (Fsp3) is 0.367. The predicted octanol–water partition coefficient (Wildman–Crippen LogP) is 6.03. The number of aromatic nitrogens is 2. The fourth-order valence-corrected chi connectivity index (χ4v) is 5.73. The minimum atomic E-state index is -0.362. The number of hydrogen-bond acceptors (Lipinski definition) is 7. The van der Waals surface area contributed by atoms with Crippen LogP contribution in [0, 0.1) is 5.92 Å². The van der Waals surface area contributed by atoms with Gasteiger partial charge in [0.2, 0.25) is 0 Å². The second-order valence-corrected chi connectivity index (χ2v) is 10.1. The standard InChI is InChI=1S/C30H33ClN4O5/c1-6-34-17-22(31)28(32-34)30(36)35-29(20-11-13-24(38-3)26(16-20)40-5)21-9-7-8-19(27(21)33-35)14-18-10-12-23(37-2)25(15-18)39-4/h10-17,21,29H,6-9H2,1-5H3/b19-14-/t21-,29+/m0/s1. The Morgan fingerprint density at radius 1 is 1.00 bits per heavy atom. The second kappa shape index (κ2) is 11.6. The van der Waals surface area contributed by atoms with E-state index in [0.717, 1.165) is 41.7 Å². The van der Waals surface area contributed by atoms with Gasteiger partial charge in [-0.25, -0.2) is 5.01 Å². The molecule has 9 nitrogen and oxygen atoms in total. The topological polar surface area (TPSA) is 87.4 Å². The first kappa shape index (κ1) is 27.6. The Morgan fingerprint density at radius 2 is 1.68 bits per heavy atom. The van der Waals surface area contributed by atoms with Crippen LogP contribution >= 0.6 is 11.6 Å². The third-order valence-electron chi connectivity index (χ3n) is 7.45. The summed E-state index contributed by atoms with van der Waals surface area (Å²) in [6.45, 7) is 2.54. The third-order valence-corrected chi connectivity index (χ3v) is 7.73. The van der Waals surface area contributed by atoms with E-state index >= 15 is 0 Å². The summed E-state index contributed by atoms with van der Waals surface area (Å²) in [6.07, 6.45) is 6.46. The summed E-state index contributed by atoms with van der Waals surface area (Å²) in [5.74, 6) is 2.16. The number of fused-ring (bicyclic) bond motifs is 1. The van der Waals surface area contributed by atoms with Crippen molar-refractivity contribution < 1.29 is 23.7 Å². The van der Waals surface area contributed by atoms with Crippen molar-refractivity contribution in [1.82, 2.24) is 14.8 Å². The lowest BCUT2D eigenvalue weighted by molar-refractivity contribution is 0.0673. The smallest absolute Gasteiger partial charge is 0.296 e. The van der Waals surface area contributed by atoms with Gasteiger partial charge >= 0.3 is 0 Å². The molecule has 0 radical (unpaired) electrons. The average molecular weight is 565 g/mol. The van der Waals surface area contributed by atoms with Crippen molar-refractivity contribution >= 4 is 29.3 Å². The van der Waals surface area contributed by atoms with E-state index in [1.165, 1.54) is 0 Å². The highest BCUT2D eigenvalue weighted by molar-refractivity contribution is 6.33. The number of hydrogen-bond donors (Lipinski definition) is 0. The molecule has 1 saturated carbocycles. The van der Waals surface area contributed by atoms with Crippen molar-refractivity contribution in [3.05, 3.63) is 70.0 Å². The molecule has 10 heteroatoms. The summed E-state index contributed by atoms with van der Waals surface area (Å²) < 4.78 is 23.6. The van der Waals surface area contributed by atoms with Gasteiger partial charge in [-0.2, -0.15) is 10.2 Å². The van der Waals surface area contributed by atoms with Crippen LogP contribution in [0.2, 0.25) is 5.02 Å². The van der Waals surface area contributed by atoms with Crippen molar-refractivity contribution in [2.75, 3.05) is 28.4 Å². The van der Waals surface area contributed by atoms with Gasteiger partial charge in [-0.1, -0.05) is 23.7 Å². The number of rotatable bonds is 8. The Hall–Kier alpha value is -3.98. The highest BCUT2D eigenvalue weighted by atomic mass is 35.5. The van der Waals surface area contributed by atoms with E-state index in [9.17, 15) is 4.79 Å². The lowest BCUT2D eigenvalue weighted by atomic mass is 9.77. The van der Waals surface area contributed by atoms with E-state index in [1.54, 1.807) is 44.3 Å². The predicted molar refractivity (Wildman–Crippen MR) is 154 cm³/mol. The summed E-state index contributed by atoms with van der Waals surface area (Å²) >= 11 is 6.47. The van der Waals surface area contributed by atoms with Crippen molar-refractivity contribution in [2.45, 2.75) is 38.8 Å². The van der Waals surface area contributed by atoms with Crippen LogP contribution < -0.4 is 18.9 Å². The van der Waals surface area contributed by atoms with E-state index in [-0.39, 0.29) is 23.6 Å². The number of ether oxygens (including phenoxy) is 4. The van der Waals surface area contributed by atoms with Crippen LogP contribution in [0.15, 0.2) is 53.3 Å². The SMILES string of the molecule is CCn1cc(Cl)c(C(=O)N2N=C3/C(=C\c4ccc(OC)c(OC)c4)CCC[C@@H]3[C@H]2c2ccc(OC)c(OC)c2)n1. The molecular weight excluding hydrogens is 532 g/mol. The van der Waals surface area contributed by atoms with Gasteiger partial charge in [0.1, 0.15) is 0 Å². The first-order valence-corrected chi connectivity index (χ1v) is 13.6. The molecule has 210 valence electrons. The number of halogens is 1. The largest absolute Gasteiger partial charge is 0.493 e. The zero-order valence-electron chi connectivity index (χ0n) is 23.3. The molecule has 1 aromatic heterocycles. The highest BCUT2D eigenvalue weighted by Gasteiger charge is 2.45. The number of carbonyl (C=O) groups is 1. The van der Waals surface area contributed by atoms with E-state index in [4.69, 9.17) is 35.6 Å². The van der Waals surface area contributed by atoms with Crippen LogP contribution in [-0.4, -0.2) is 54.8 Å². The van der Waals surface area contributed by atoms with Crippen LogP contribution in [-0.2, 0) is 6.54 Å². The van der Waals surface area contributed by atoms with Crippen molar-refractivity contribution in [3.63, 3.8) is 0 Å². The van der Waals surface area contributed by atoms with Crippen molar-refractivity contribution in [3.8, 4) is 23.0 Å². The number of allylic oxidation sites excluding steroid dienone is 1. The van der Waals surface area contributed by atoms with Gasteiger partial charge in [-0.05, 0) is 73.2 Å². The first-order valence-electron chi connectivity index (χ1n) is 13.2. The van der Waals surface area contributed by atoms with Crippen LogP contribution in [0.4, 0.5) is 0 Å². The van der Waals surface area contributed by atoms with Gasteiger partial charge in [0, 0.05) is 18.7 Å². The monoisotopic (exact) mass is 564 g/mol. The quantitative estimate of drug-likeness (QED) is 0.332. The van der Waals surface area contributed by atoms with Crippen molar-refractivity contribution in [1.29, 1.82) is 0 Å². The molecule has 0 spiro atoms. The van der Waals surface area contributed by atoms with Crippen molar-refractivity contribution in [2.24, 2.45) is 11.0 Å². The van der Waals surface area contributed by atoms with Crippen LogP contribution in [0.5, 0.6) is 23.0 Å². The van der Waals surface area contributed by atoms with Crippen LogP contribution in [0.1, 0.15) is 53.8 Å². The van der Waals surface area contributed by atoms with Gasteiger partial charge < -0.3 is 18.9 Å². The molecule has 1 aliphatic carbocycles. The first-order chi connectivity index (χ1) is 19.4. The molecule has 2 heterocycles. The Balaban J connectivity index is 1.60. The summed E-state index contributed by atoms with van der Waals surface area (Å²) in [4.78, 5) is 14.0. The summed E-state index contributed by atoms with van der Waals surface area (Å²) in [6, 6.07) is 11.2. The Morgan fingerprint density at radius 3 is 2.33 bits per heavy atom. The Labute approximate surface area is 238 Å². The summed E-state index contributed by atoms with van der Waals surface area (Å²) in [5.41, 5.74) is 4.01. The number of nitrogens with zero attached hydrogens (tertiary/aromatic N) is 4. The van der Waals surface area contributed by atoms with Gasteiger partial charge in [0.15, 0.2) is 28.7 Å². The number of benzene rings is 2. The molecule has 0 unspecified atom stereocenters. The molecular formula is C30H33ClN4O5. The average Bonchev–Trinajstić information content (AvgIpc) is 3.57. The molecule has 0 saturated heterocycles. The van der Waals surface area contributed by atoms with E-state index in [1.807, 2.05) is 43.3 Å². The lowest BCUT2D eigenvalue weighted by Crippen LogP contribution is -2.32. The fourth-order valence-electron chi connectivity index (χ4n) is 5.49. The molecule has 1 amide bonds. The maximum absolute atomic E-state index is 14.0. The molecule has 5 rings (SSSR count). The summed E-state index contributed by atoms with van der Waals surface area (Å²) in [5, 5.41) is 11.3. The van der Waals surface area contributed by atoms with Gasteiger partial charge in [-0.15, -0.1) is 0 Å². The van der Waals surface area contributed by atoms with Crippen LogP contribution in [0.25, 0.3) is 6.08 Å². The zero-order chi connectivity index (χ0) is 28.4. The van der Waals surface area contributed by atoms with Gasteiger partial charge in [0.25, 0.3) is 5.91 Å². The minimum Gasteiger partial charge on any atom is -0.493 e. The van der Waals surface area contributed by atoms with E-state index in [0.29, 0.717) is 34.6 Å². The highest BCUT2D eigenvalue weighted by Crippen LogP contribution is 2.46. The molecule has 0 N–H and O–H groups in total. The Bertz CT molecular complexity index is 1480. The second-order valence-electron chi connectivity index (χ2n) is 9.66. The van der Waals surface area contributed by atoms with Gasteiger partial charge in [-0.3, -0.25) is 9.48 Å². The normalized spacial score (nSPS) is 19.3. The maximum Gasteiger partial charge on any atom is 0.296 e. The number of methoxy groups -OCH3 is 4. The molecule has 1 fully saturated rings. The van der Waals surface area contributed by atoms with Crippen LogP contribution in [0.3, 0.4) is 0 Å². The molecule has 2 aromatic carbocycles. The molecule has 1 aliphatic heterocycles. The molecule has 3 aromatic rings. The Kier molecular flexibility index (Phi) is 8.02.